The Hall–Kier alpha value is -1.52. The summed E-state index contributed by atoms with van der Waals surface area (Å²) in [5.74, 6) is 1.71. The van der Waals surface area contributed by atoms with Crippen LogP contribution in [0.3, 0.4) is 0 Å². The third-order valence-electron chi connectivity index (χ3n) is 2.83. The normalized spacial score (nSPS) is 20.2. The molecule has 100 valence electrons. The first-order chi connectivity index (χ1) is 8.35. The van der Waals surface area contributed by atoms with Gasteiger partial charge in [-0.2, -0.15) is 0 Å². The zero-order valence-corrected chi connectivity index (χ0v) is 11.4. The van der Waals surface area contributed by atoms with E-state index in [0.717, 1.165) is 18.1 Å². The van der Waals surface area contributed by atoms with Crippen LogP contribution in [0.2, 0.25) is 0 Å². The number of aromatic nitrogens is 1. The van der Waals surface area contributed by atoms with Crippen molar-refractivity contribution in [3.05, 3.63) is 17.8 Å². The van der Waals surface area contributed by atoms with Crippen molar-refractivity contribution in [2.75, 3.05) is 13.1 Å². The van der Waals surface area contributed by atoms with Crippen LogP contribution in [0, 0.1) is 6.92 Å². The van der Waals surface area contributed by atoms with Crippen molar-refractivity contribution < 1.29 is 13.9 Å². The summed E-state index contributed by atoms with van der Waals surface area (Å²) in [6, 6.07) is 0. The molecule has 1 fully saturated rings. The number of ether oxygens (including phenoxy) is 1. The molecule has 1 atom stereocenters. The van der Waals surface area contributed by atoms with E-state index in [1.807, 2.05) is 27.7 Å². The number of nitrogens with zero attached hydrogens (tertiary/aromatic N) is 2. The zero-order chi connectivity index (χ0) is 13.3. The number of hydrogen-bond acceptors (Lipinski definition) is 4. The number of aryl methyl sites for hydroxylation is 1. The van der Waals surface area contributed by atoms with Gasteiger partial charge in [-0.1, -0.05) is 0 Å². The highest BCUT2D eigenvalue weighted by Crippen LogP contribution is 2.27. The second-order valence-corrected chi connectivity index (χ2v) is 5.72. The lowest BCUT2D eigenvalue weighted by molar-refractivity contribution is 0.0291. The van der Waals surface area contributed by atoms with E-state index in [9.17, 15) is 4.79 Å². The van der Waals surface area contributed by atoms with Gasteiger partial charge in [-0.25, -0.2) is 9.78 Å². The molecule has 2 rings (SSSR count). The zero-order valence-electron chi connectivity index (χ0n) is 11.4. The number of rotatable bonds is 1. The van der Waals surface area contributed by atoms with Crippen LogP contribution in [-0.2, 0) is 4.74 Å². The molecule has 1 unspecified atom stereocenters. The highest BCUT2D eigenvalue weighted by molar-refractivity contribution is 5.68. The lowest BCUT2D eigenvalue weighted by Crippen LogP contribution is -2.35. The number of carbonyl (C=O) groups is 1. The molecule has 18 heavy (non-hydrogen) atoms. The third-order valence-corrected chi connectivity index (χ3v) is 2.83. The highest BCUT2D eigenvalue weighted by atomic mass is 16.6. The van der Waals surface area contributed by atoms with Crippen molar-refractivity contribution in [2.24, 2.45) is 0 Å². The van der Waals surface area contributed by atoms with Crippen molar-refractivity contribution in [1.29, 1.82) is 0 Å². The standard InChI is InChI=1S/C13H20N2O3/c1-9-7-14-11(17-9)10-5-6-15(8-10)12(16)18-13(2,3)4/h7,10H,5-6,8H2,1-4H3. The number of likely N-dealkylation sites (tertiary alicyclic amines) is 1. The molecule has 1 aromatic heterocycles. The SMILES string of the molecule is Cc1cnc(C2CCN(C(=O)OC(C)(C)C)C2)o1. The minimum atomic E-state index is -0.450. The number of oxazole rings is 1. The molecule has 0 saturated carbocycles. The van der Waals surface area contributed by atoms with E-state index in [-0.39, 0.29) is 12.0 Å². The molecule has 0 N–H and O–H groups in total. The van der Waals surface area contributed by atoms with E-state index in [2.05, 4.69) is 4.98 Å². The van der Waals surface area contributed by atoms with Crippen LogP contribution >= 0.6 is 0 Å². The van der Waals surface area contributed by atoms with Crippen molar-refractivity contribution in [2.45, 2.75) is 45.6 Å². The Labute approximate surface area is 107 Å². The van der Waals surface area contributed by atoms with Crippen molar-refractivity contribution >= 4 is 6.09 Å². The maximum Gasteiger partial charge on any atom is 0.410 e. The first-order valence-electron chi connectivity index (χ1n) is 6.25. The largest absolute Gasteiger partial charge is 0.446 e. The van der Waals surface area contributed by atoms with E-state index in [1.54, 1.807) is 11.1 Å². The van der Waals surface area contributed by atoms with Crippen LogP contribution in [0.1, 0.15) is 44.8 Å². The maximum absolute atomic E-state index is 11.9. The van der Waals surface area contributed by atoms with Gasteiger partial charge in [-0.05, 0) is 34.1 Å². The van der Waals surface area contributed by atoms with Gasteiger partial charge in [0.15, 0.2) is 5.89 Å². The summed E-state index contributed by atoms with van der Waals surface area (Å²) in [7, 11) is 0. The smallest absolute Gasteiger partial charge is 0.410 e. The van der Waals surface area contributed by atoms with Crippen LogP contribution in [-0.4, -0.2) is 34.7 Å². The Morgan fingerprint density at radius 1 is 1.56 bits per heavy atom. The van der Waals surface area contributed by atoms with Crippen LogP contribution in [0.15, 0.2) is 10.6 Å². The molecule has 1 amide bonds. The van der Waals surface area contributed by atoms with Gasteiger partial charge in [-0.15, -0.1) is 0 Å². The van der Waals surface area contributed by atoms with E-state index >= 15 is 0 Å². The van der Waals surface area contributed by atoms with E-state index in [1.165, 1.54) is 0 Å². The summed E-state index contributed by atoms with van der Waals surface area (Å²) < 4.78 is 10.9. The average molecular weight is 252 g/mol. The second kappa shape index (κ2) is 4.63. The van der Waals surface area contributed by atoms with E-state index in [4.69, 9.17) is 9.15 Å². The number of carbonyl (C=O) groups excluding carboxylic acids is 1. The van der Waals surface area contributed by atoms with Gasteiger partial charge in [0.1, 0.15) is 11.4 Å². The van der Waals surface area contributed by atoms with E-state index < -0.39 is 5.60 Å². The lowest BCUT2D eigenvalue weighted by atomic mass is 10.1. The highest BCUT2D eigenvalue weighted by Gasteiger charge is 2.32. The van der Waals surface area contributed by atoms with Crippen molar-refractivity contribution in [3.63, 3.8) is 0 Å². The predicted molar refractivity (Wildman–Crippen MR) is 66.4 cm³/mol. The Balaban J connectivity index is 1.94. The topological polar surface area (TPSA) is 55.6 Å². The minimum Gasteiger partial charge on any atom is -0.446 e. The van der Waals surface area contributed by atoms with Crippen molar-refractivity contribution in [3.8, 4) is 0 Å². The Bertz CT molecular complexity index is 434. The molecule has 1 saturated heterocycles. The molecule has 2 heterocycles. The summed E-state index contributed by atoms with van der Waals surface area (Å²) in [6.45, 7) is 8.80. The van der Waals surface area contributed by atoms with Gasteiger partial charge < -0.3 is 14.1 Å². The summed E-state index contributed by atoms with van der Waals surface area (Å²) in [5.41, 5.74) is -0.450. The molecule has 1 aliphatic rings. The fourth-order valence-electron chi connectivity index (χ4n) is 2.02. The molecule has 5 nitrogen and oxygen atoms in total. The molecule has 1 aromatic rings. The van der Waals surface area contributed by atoms with Crippen LogP contribution in [0.4, 0.5) is 4.79 Å². The van der Waals surface area contributed by atoms with Crippen molar-refractivity contribution in [1.82, 2.24) is 9.88 Å². The Kier molecular flexibility index (Phi) is 3.32. The fourth-order valence-corrected chi connectivity index (χ4v) is 2.02. The van der Waals surface area contributed by atoms with E-state index in [0.29, 0.717) is 13.1 Å². The Morgan fingerprint density at radius 3 is 2.83 bits per heavy atom. The molecule has 0 radical (unpaired) electrons. The Morgan fingerprint density at radius 2 is 2.28 bits per heavy atom. The van der Waals surface area contributed by atoms with Gasteiger partial charge in [-0.3, -0.25) is 0 Å². The van der Waals surface area contributed by atoms with Crippen LogP contribution in [0.25, 0.3) is 0 Å². The monoisotopic (exact) mass is 252 g/mol. The molecule has 0 spiro atoms. The van der Waals surface area contributed by atoms with Gasteiger partial charge in [0.25, 0.3) is 0 Å². The minimum absolute atomic E-state index is 0.186. The van der Waals surface area contributed by atoms with Gasteiger partial charge >= 0.3 is 6.09 Å². The molecule has 0 bridgehead atoms. The first kappa shape index (κ1) is 12.9. The number of hydrogen-bond donors (Lipinski definition) is 0. The fraction of sp³-hybridized carbons (Fsp3) is 0.692. The summed E-state index contributed by atoms with van der Waals surface area (Å²) in [4.78, 5) is 17.8. The quantitative estimate of drug-likeness (QED) is 0.771. The summed E-state index contributed by atoms with van der Waals surface area (Å²) in [6.07, 6.45) is 2.33. The van der Waals surface area contributed by atoms with Gasteiger partial charge in [0, 0.05) is 13.1 Å². The van der Waals surface area contributed by atoms with Gasteiger partial charge in [0.2, 0.25) is 0 Å². The van der Waals surface area contributed by atoms with Crippen LogP contribution < -0.4 is 0 Å². The molecule has 0 aromatic carbocycles. The maximum atomic E-state index is 11.9. The molecular weight excluding hydrogens is 232 g/mol. The molecular formula is C13H20N2O3. The van der Waals surface area contributed by atoms with Crippen LogP contribution in [0.5, 0.6) is 0 Å². The summed E-state index contributed by atoms with van der Waals surface area (Å²) >= 11 is 0. The molecule has 0 aliphatic carbocycles. The molecule has 1 aliphatic heterocycles. The average Bonchev–Trinajstić information content (AvgIpc) is 2.82. The first-order valence-corrected chi connectivity index (χ1v) is 6.25. The lowest BCUT2D eigenvalue weighted by Gasteiger charge is -2.24. The van der Waals surface area contributed by atoms with Gasteiger partial charge in [0.05, 0.1) is 12.1 Å². The molecule has 5 heteroatoms. The second-order valence-electron chi connectivity index (χ2n) is 5.72. The summed E-state index contributed by atoms with van der Waals surface area (Å²) in [5, 5.41) is 0. The predicted octanol–water partition coefficient (Wildman–Crippen LogP) is 2.71. The third kappa shape index (κ3) is 3.03. The number of amides is 1.